The van der Waals surface area contributed by atoms with Gasteiger partial charge in [0.25, 0.3) is 0 Å². The fourth-order valence-electron chi connectivity index (χ4n) is 3.88. The number of carboxylic acids is 1. The lowest BCUT2D eigenvalue weighted by molar-refractivity contribution is -0.142. The molecule has 0 saturated heterocycles. The summed E-state index contributed by atoms with van der Waals surface area (Å²) >= 11 is 0. The number of hydrogen-bond donors (Lipinski definition) is 3. The minimum atomic E-state index is -1.03. The number of ether oxygens (including phenoxy) is 1. The third kappa shape index (κ3) is 5.04. The van der Waals surface area contributed by atoms with Gasteiger partial charge in [-0.2, -0.15) is 0 Å². The van der Waals surface area contributed by atoms with Crippen molar-refractivity contribution in [3.05, 3.63) is 108 Å². The highest BCUT2D eigenvalue weighted by Crippen LogP contribution is 2.37. The molecule has 0 aliphatic heterocycles. The van der Waals surface area contributed by atoms with E-state index >= 15 is 0 Å². The molecule has 0 fully saturated rings. The predicted octanol–water partition coefficient (Wildman–Crippen LogP) is 3.17. The van der Waals surface area contributed by atoms with Crippen molar-refractivity contribution in [3.63, 3.8) is 0 Å². The second-order valence-electron chi connectivity index (χ2n) is 7.55. The van der Waals surface area contributed by atoms with Crippen LogP contribution in [-0.2, 0) is 19.9 Å². The highest BCUT2D eigenvalue weighted by atomic mass is 16.5. The van der Waals surface area contributed by atoms with Crippen molar-refractivity contribution in [3.8, 4) is 0 Å². The maximum Gasteiger partial charge on any atom is 0.322 e. The zero-order valence-electron chi connectivity index (χ0n) is 18.2. The maximum absolute atomic E-state index is 12.4. The Kier molecular flexibility index (Phi) is 7.76. The smallest absolute Gasteiger partial charge is 0.322 e. The van der Waals surface area contributed by atoms with Crippen LogP contribution in [0, 0.1) is 0 Å². The lowest BCUT2D eigenvalue weighted by Crippen LogP contribution is -2.59. The van der Waals surface area contributed by atoms with Crippen molar-refractivity contribution >= 4 is 11.9 Å². The van der Waals surface area contributed by atoms with Crippen molar-refractivity contribution in [2.24, 2.45) is 0 Å². The number of carbonyl (C=O) groups is 2. The summed E-state index contributed by atoms with van der Waals surface area (Å²) in [7, 11) is 1.30. The van der Waals surface area contributed by atoms with Crippen molar-refractivity contribution in [2.45, 2.75) is 24.5 Å². The number of nitrogens with one attached hydrogen (secondary N) is 2. The molecule has 32 heavy (non-hydrogen) atoms. The second kappa shape index (κ2) is 10.7. The third-order valence-electron chi connectivity index (χ3n) is 5.55. The van der Waals surface area contributed by atoms with Gasteiger partial charge in [-0.1, -0.05) is 91.0 Å². The maximum atomic E-state index is 12.4. The molecule has 6 heteroatoms. The van der Waals surface area contributed by atoms with Gasteiger partial charge in [0.2, 0.25) is 0 Å². The number of aliphatic carboxylic acids is 1. The number of rotatable bonds is 10. The summed E-state index contributed by atoms with van der Waals surface area (Å²) < 4.78 is 4.68. The summed E-state index contributed by atoms with van der Waals surface area (Å²) in [4.78, 5) is 24.0. The molecule has 0 aliphatic carbocycles. The van der Waals surface area contributed by atoms with Crippen LogP contribution in [0.5, 0.6) is 0 Å². The van der Waals surface area contributed by atoms with Gasteiger partial charge in [-0.25, -0.2) is 0 Å². The standard InChI is InChI=1S/C26H28N2O4/c1-19(27-18-23(29)32-2)24(25(30)31)28-26(20-12-6-3-7-13-20,21-14-8-4-9-15-21)22-16-10-5-11-17-22/h3-17,19,24,27-28H,18H2,1-2H3,(H,30,31)/t19-,24+/m1/s1. The van der Waals surface area contributed by atoms with Crippen LogP contribution in [0.1, 0.15) is 23.6 Å². The first kappa shape index (κ1) is 23.2. The Balaban J connectivity index is 2.15. The SMILES string of the molecule is COC(=O)CN[C@H](C)[C@H](NC(c1ccccc1)(c1ccccc1)c1ccccc1)C(=O)O. The second-order valence-corrected chi connectivity index (χ2v) is 7.55. The monoisotopic (exact) mass is 432 g/mol. The number of benzene rings is 3. The van der Waals surface area contributed by atoms with Crippen LogP contribution in [-0.4, -0.2) is 42.8 Å². The van der Waals surface area contributed by atoms with E-state index in [9.17, 15) is 14.7 Å². The molecule has 166 valence electrons. The number of carbonyl (C=O) groups excluding carboxylic acids is 1. The van der Waals surface area contributed by atoms with Crippen LogP contribution >= 0.6 is 0 Å². The lowest BCUT2D eigenvalue weighted by atomic mass is 9.76. The number of esters is 1. The highest BCUT2D eigenvalue weighted by molar-refractivity contribution is 5.76. The van der Waals surface area contributed by atoms with E-state index in [-0.39, 0.29) is 6.54 Å². The number of hydrogen-bond acceptors (Lipinski definition) is 5. The molecule has 0 saturated carbocycles. The van der Waals surface area contributed by atoms with Crippen LogP contribution in [0.3, 0.4) is 0 Å². The van der Waals surface area contributed by atoms with Crippen molar-refractivity contribution in [1.29, 1.82) is 0 Å². The predicted molar refractivity (Wildman–Crippen MR) is 123 cm³/mol. The average molecular weight is 433 g/mol. The van der Waals surface area contributed by atoms with E-state index in [1.54, 1.807) is 6.92 Å². The Morgan fingerprint density at radius 2 is 1.25 bits per heavy atom. The lowest BCUT2D eigenvalue weighted by Gasteiger charge is -2.40. The van der Waals surface area contributed by atoms with Gasteiger partial charge >= 0.3 is 11.9 Å². The Labute approximate surface area is 188 Å². The normalized spacial score (nSPS) is 13.2. The molecule has 0 heterocycles. The van der Waals surface area contributed by atoms with E-state index in [0.717, 1.165) is 16.7 Å². The van der Waals surface area contributed by atoms with E-state index in [2.05, 4.69) is 15.4 Å². The van der Waals surface area contributed by atoms with Gasteiger partial charge in [-0.15, -0.1) is 0 Å². The van der Waals surface area contributed by atoms with E-state index in [1.807, 2.05) is 91.0 Å². The van der Waals surface area contributed by atoms with Crippen LogP contribution < -0.4 is 10.6 Å². The average Bonchev–Trinajstić information content (AvgIpc) is 2.84. The largest absolute Gasteiger partial charge is 0.480 e. The summed E-state index contributed by atoms with van der Waals surface area (Å²) in [6, 6.07) is 27.7. The van der Waals surface area contributed by atoms with E-state index in [4.69, 9.17) is 0 Å². The summed E-state index contributed by atoms with van der Waals surface area (Å²) in [6.45, 7) is 1.65. The zero-order chi connectivity index (χ0) is 23.0. The molecule has 0 radical (unpaired) electrons. The van der Waals surface area contributed by atoms with E-state index in [0.29, 0.717) is 0 Å². The zero-order valence-corrected chi connectivity index (χ0v) is 18.2. The molecular weight excluding hydrogens is 404 g/mol. The van der Waals surface area contributed by atoms with Crippen molar-refractivity contribution < 1.29 is 19.4 Å². The molecule has 3 rings (SSSR count). The third-order valence-corrected chi connectivity index (χ3v) is 5.55. The Bertz CT molecular complexity index is 913. The highest BCUT2D eigenvalue weighted by Gasteiger charge is 2.41. The van der Waals surface area contributed by atoms with Gasteiger partial charge in [0, 0.05) is 6.04 Å². The molecule has 3 N–H and O–H groups in total. The summed E-state index contributed by atoms with van der Waals surface area (Å²) in [6.07, 6.45) is 0. The Morgan fingerprint density at radius 1 is 0.844 bits per heavy atom. The minimum absolute atomic E-state index is 0.0852. The topological polar surface area (TPSA) is 87.7 Å². The fraction of sp³-hybridized carbons (Fsp3) is 0.231. The van der Waals surface area contributed by atoms with Crippen LogP contribution in [0.4, 0.5) is 0 Å². The first-order chi connectivity index (χ1) is 15.5. The summed E-state index contributed by atoms with van der Waals surface area (Å²) in [5.41, 5.74) is 1.78. The quantitative estimate of drug-likeness (QED) is 0.337. The van der Waals surface area contributed by atoms with Crippen molar-refractivity contribution in [2.75, 3.05) is 13.7 Å². The molecule has 0 amide bonds. The summed E-state index contributed by atoms with van der Waals surface area (Å²) in [5.74, 6) is -1.48. The van der Waals surface area contributed by atoms with Gasteiger partial charge in [-0.3, -0.25) is 14.9 Å². The molecule has 3 aromatic rings. The molecule has 0 aliphatic rings. The van der Waals surface area contributed by atoms with Crippen molar-refractivity contribution in [1.82, 2.24) is 10.6 Å². The van der Waals surface area contributed by atoms with E-state index in [1.165, 1.54) is 7.11 Å². The molecule has 0 unspecified atom stereocenters. The number of carboxylic acid groups (broad SMARTS) is 1. The Morgan fingerprint density at radius 3 is 1.59 bits per heavy atom. The van der Waals surface area contributed by atoms with E-state index < -0.39 is 29.6 Å². The molecule has 3 aromatic carbocycles. The summed E-state index contributed by atoms with van der Waals surface area (Å²) in [5, 5.41) is 16.6. The molecule has 0 aromatic heterocycles. The van der Waals surface area contributed by atoms with Crippen LogP contribution in [0.15, 0.2) is 91.0 Å². The first-order valence-corrected chi connectivity index (χ1v) is 10.5. The van der Waals surface area contributed by atoms with Crippen LogP contribution in [0.25, 0.3) is 0 Å². The molecule has 0 bridgehead atoms. The fourth-order valence-corrected chi connectivity index (χ4v) is 3.88. The molecular formula is C26H28N2O4. The van der Waals surface area contributed by atoms with Gasteiger partial charge in [0.1, 0.15) is 6.04 Å². The molecule has 2 atom stereocenters. The molecule has 6 nitrogen and oxygen atoms in total. The molecule has 0 spiro atoms. The first-order valence-electron chi connectivity index (χ1n) is 10.5. The van der Waals surface area contributed by atoms with Gasteiger partial charge in [0.15, 0.2) is 0 Å². The van der Waals surface area contributed by atoms with Crippen LogP contribution in [0.2, 0.25) is 0 Å². The number of methoxy groups -OCH3 is 1. The Hall–Kier alpha value is -3.48. The minimum Gasteiger partial charge on any atom is -0.480 e. The van der Waals surface area contributed by atoms with Gasteiger partial charge < -0.3 is 15.2 Å². The van der Waals surface area contributed by atoms with Gasteiger partial charge in [-0.05, 0) is 23.6 Å². The van der Waals surface area contributed by atoms with Gasteiger partial charge in [0.05, 0.1) is 19.2 Å².